The zero-order valence-corrected chi connectivity index (χ0v) is 7.40. The Kier molecular flexibility index (Phi) is 3.17. The van der Waals surface area contributed by atoms with Crippen molar-refractivity contribution in [3.63, 3.8) is 0 Å². The van der Waals surface area contributed by atoms with Crippen molar-refractivity contribution in [2.24, 2.45) is 10.9 Å². The molecule has 13 heavy (non-hydrogen) atoms. The van der Waals surface area contributed by atoms with E-state index in [0.29, 0.717) is 18.7 Å². The summed E-state index contributed by atoms with van der Waals surface area (Å²) in [6, 6.07) is 0. The zero-order chi connectivity index (χ0) is 9.90. The molecule has 0 fully saturated rings. The van der Waals surface area contributed by atoms with Crippen LogP contribution in [0.4, 0.5) is 13.2 Å². The molecule has 0 aromatic heterocycles. The topological polar surface area (TPSA) is 21.6 Å². The van der Waals surface area contributed by atoms with E-state index in [1.54, 1.807) is 0 Å². The fourth-order valence-electron chi connectivity index (χ4n) is 1.32. The van der Waals surface area contributed by atoms with E-state index in [1.807, 2.05) is 0 Å². The molecule has 0 aliphatic carbocycles. The highest BCUT2D eigenvalue weighted by Crippen LogP contribution is 2.31. The molecule has 1 unspecified atom stereocenters. The predicted molar refractivity (Wildman–Crippen MR) is 42.7 cm³/mol. The van der Waals surface area contributed by atoms with E-state index >= 15 is 0 Å². The van der Waals surface area contributed by atoms with Crippen molar-refractivity contribution in [3.05, 3.63) is 0 Å². The smallest absolute Gasteiger partial charge is 0.393 e. The average Bonchev–Trinajstić information content (AvgIpc) is 2.26. The highest BCUT2D eigenvalue weighted by atomic mass is 19.4. The normalized spacial score (nSPS) is 24.9. The van der Waals surface area contributed by atoms with Crippen LogP contribution in [0.1, 0.15) is 19.3 Å². The summed E-state index contributed by atoms with van der Waals surface area (Å²) in [7, 11) is 1.44. The highest BCUT2D eigenvalue weighted by Gasteiger charge is 2.39. The van der Waals surface area contributed by atoms with Gasteiger partial charge in [0.15, 0.2) is 5.90 Å². The molecule has 1 rings (SSSR count). The lowest BCUT2D eigenvalue weighted by Crippen LogP contribution is -2.24. The second-order valence-electron chi connectivity index (χ2n) is 3.07. The van der Waals surface area contributed by atoms with E-state index in [1.165, 1.54) is 7.11 Å². The SMILES string of the molecule is COC1=NCC(C(F)(F)F)CCC1. The maximum absolute atomic E-state index is 12.2. The van der Waals surface area contributed by atoms with E-state index in [4.69, 9.17) is 4.74 Å². The van der Waals surface area contributed by atoms with Gasteiger partial charge in [-0.2, -0.15) is 13.2 Å². The first-order chi connectivity index (χ1) is 6.04. The molecule has 0 saturated heterocycles. The molecule has 1 aliphatic rings. The van der Waals surface area contributed by atoms with Crippen molar-refractivity contribution in [3.8, 4) is 0 Å². The minimum Gasteiger partial charge on any atom is -0.484 e. The summed E-state index contributed by atoms with van der Waals surface area (Å²) in [6.07, 6.45) is -2.95. The van der Waals surface area contributed by atoms with Crippen molar-refractivity contribution in [1.82, 2.24) is 0 Å². The molecule has 0 bridgehead atoms. The molecule has 0 saturated carbocycles. The maximum atomic E-state index is 12.2. The number of ether oxygens (including phenoxy) is 1. The van der Waals surface area contributed by atoms with Crippen molar-refractivity contribution in [2.75, 3.05) is 13.7 Å². The Morgan fingerprint density at radius 2 is 2.15 bits per heavy atom. The lowest BCUT2D eigenvalue weighted by molar-refractivity contribution is -0.173. The average molecular weight is 195 g/mol. The summed E-state index contributed by atoms with van der Waals surface area (Å²) in [5.74, 6) is -0.855. The molecule has 76 valence electrons. The Labute approximate surface area is 74.8 Å². The molecule has 5 heteroatoms. The first-order valence-electron chi connectivity index (χ1n) is 4.18. The molecule has 0 spiro atoms. The quantitative estimate of drug-likeness (QED) is 0.581. The molecule has 1 heterocycles. The minimum absolute atomic E-state index is 0.153. The molecule has 0 amide bonds. The molecular weight excluding hydrogens is 183 g/mol. The molecule has 0 N–H and O–H groups in total. The number of hydrogen-bond donors (Lipinski definition) is 0. The fourth-order valence-corrected chi connectivity index (χ4v) is 1.32. The van der Waals surface area contributed by atoms with Crippen molar-refractivity contribution in [2.45, 2.75) is 25.4 Å². The molecular formula is C8H12F3NO. The van der Waals surface area contributed by atoms with Crippen molar-refractivity contribution in [1.29, 1.82) is 0 Å². The summed E-state index contributed by atoms with van der Waals surface area (Å²) >= 11 is 0. The van der Waals surface area contributed by atoms with Gasteiger partial charge in [0.2, 0.25) is 0 Å². The van der Waals surface area contributed by atoms with E-state index in [9.17, 15) is 13.2 Å². The molecule has 0 aromatic carbocycles. The van der Waals surface area contributed by atoms with Gasteiger partial charge >= 0.3 is 6.18 Å². The van der Waals surface area contributed by atoms with Gasteiger partial charge in [-0.15, -0.1) is 0 Å². The third kappa shape index (κ3) is 2.90. The predicted octanol–water partition coefficient (Wildman–Crippen LogP) is 2.39. The Balaban J connectivity index is 2.58. The van der Waals surface area contributed by atoms with Crippen LogP contribution in [-0.4, -0.2) is 25.7 Å². The number of nitrogens with zero attached hydrogens (tertiary/aromatic N) is 1. The summed E-state index contributed by atoms with van der Waals surface area (Å²) in [4.78, 5) is 3.76. The van der Waals surface area contributed by atoms with Crippen LogP contribution in [-0.2, 0) is 4.74 Å². The Hall–Kier alpha value is -0.740. The molecule has 1 atom stereocenters. The number of alkyl halides is 3. The Morgan fingerprint density at radius 1 is 1.46 bits per heavy atom. The second kappa shape index (κ2) is 3.98. The van der Waals surface area contributed by atoms with E-state index in [2.05, 4.69) is 4.99 Å². The summed E-state index contributed by atoms with van der Waals surface area (Å²) in [5, 5.41) is 0. The third-order valence-electron chi connectivity index (χ3n) is 2.13. The van der Waals surface area contributed by atoms with E-state index in [0.717, 1.165) is 0 Å². The van der Waals surface area contributed by atoms with Gasteiger partial charge in [0, 0.05) is 6.42 Å². The molecule has 0 radical (unpaired) electrons. The van der Waals surface area contributed by atoms with Gasteiger partial charge in [-0.25, -0.2) is 0 Å². The van der Waals surface area contributed by atoms with Gasteiger partial charge in [0.1, 0.15) is 0 Å². The van der Waals surface area contributed by atoms with Gasteiger partial charge < -0.3 is 4.74 Å². The van der Waals surface area contributed by atoms with Gasteiger partial charge in [0.25, 0.3) is 0 Å². The zero-order valence-electron chi connectivity index (χ0n) is 7.40. The Bertz CT molecular complexity index is 200. The van der Waals surface area contributed by atoms with Gasteiger partial charge in [-0.05, 0) is 12.8 Å². The monoisotopic (exact) mass is 195 g/mol. The van der Waals surface area contributed by atoms with Crippen LogP contribution < -0.4 is 0 Å². The summed E-state index contributed by atoms with van der Waals surface area (Å²) in [5.41, 5.74) is 0. The van der Waals surface area contributed by atoms with Crippen molar-refractivity contribution >= 4 is 5.90 Å². The van der Waals surface area contributed by atoms with Gasteiger partial charge in [0.05, 0.1) is 19.6 Å². The van der Waals surface area contributed by atoms with Crippen LogP contribution in [0, 0.1) is 5.92 Å². The fraction of sp³-hybridized carbons (Fsp3) is 0.875. The van der Waals surface area contributed by atoms with Gasteiger partial charge in [-0.1, -0.05) is 0 Å². The molecule has 0 aromatic rings. The third-order valence-corrected chi connectivity index (χ3v) is 2.13. The largest absolute Gasteiger partial charge is 0.484 e. The van der Waals surface area contributed by atoms with E-state index in [-0.39, 0.29) is 13.0 Å². The van der Waals surface area contributed by atoms with Gasteiger partial charge in [-0.3, -0.25) is 4.99 Å². The number of halogens is 3. The maximum Gasteiger partial charge on any atom is 0.393 e. The number of hydrogen-bond acceptors (Lipinski definition) is 2. The summed E-state index contributed by atoms with van der Waals surface area (Å²) < 4.78 is 41.5. The van der Waals surface area contributed by atoms with Crippen LogP contribution in [0.25, 0.3) is 0 Å². The Morgan fingerprint density at radius 3 is 2.69 bits per heavy atom. The first kappa shape index (κ1) is 10.3. The standard InChI is InChI=1S/C8H12F3NO/c1-13-7-4-2-3-6(5-12-7)8(9,10)11/h6H,2-5H2,1H3. The van der Waals surface area contributed by atoms with Crippen LogP contribution >= 0.6 is 0 Å². The highest BCUT2D eigenvalue weighted by molar-refractivity contribution is 5.76. The minimum atomic E-state index is -4.12. The first-order valence-corrected chi connectivity index (χ1v) is 4.18. The number of aliphatic imine (C=N–C) groups is 1. The summed E-state index contributed by atoms with van der Waals surface area (Å²) in [6.45, 7) is -0.188. The van der Waals surface area contributed by atoms with E-state index < -0.39 is 12.1 Å². The number of methoxy groups -OCH3 is 1. The lowest BCUT2D eigenvalue weighted by atomic mass is 10.0. The molecule has 1 aliphatic heterocycles. The van der Waals surface area contributed by atoms with Crippen molar-refractivity contribution < 1.29 is 17.9 Å². The number of rotatable bonds is 0. The lowest BCUT2D eigenvalue weighted by Gasteiger charge is -2.15. The van der Waals surface area contributed by atoms with Crippen LogP contribution in [0.2, 0.25) is 0 Å². The van der Waals surface area contributed by atoms with Crippen LogP contribution in [0.3, 0.4) is 0 Å². The van der Waals surface area contributed by atoms with Crippen LogP contribution in [0.15, 0.2) is 4.99 Å². The molecule has 2 nitrogen and oxygen atoms in total. The second-order valence-corrected chi connectivity index (χ2v) is 3.07. The van der Waals surface area contributed by atoms with Crippen LogP contribution in [0.5, 0.6) is 0 Å².